The molecule has 134 valence electrons. The van der Waals surface area contributed by atoms with Gasteiger partial charge in [-0.2, -0.15) is 5.26 Å². The van der Waals surface area contributed by atoms with Gasteiger partial charge in [-0.05, 0) is 17.5 Å². The molecule has 0 unspecified atom stereocenters. The van der Waals surface area contributed by atoms with E-state index in [0.29, 0.717) is 19.4 Å². The molecule has 2 aromatic rings. The maximum absolute atomic E-state index is 12.7. The van der Waals surface area contributed by atoms with Crippen molar-refractivity contribution in [2.24, 2.45) is 0 Å². The van der Waals surface area contributed by atoms with Crippen LogP contribution in [-0.2, 0) is 17.8 Å². The molecule has 0 aromatic heterocycles. The molecule has 1 heterocycles. The van der Waals surface area contributed by atoms with E-state index < -0.39 is 0 Å². The van der Waals surface area contributed by atoms with Crippen LogP contribution in [0.25, 0.3) is 0 Å². The summed E-state index contributed by atoms with van der Waals surface area (Å²) in [6, 6.07) is 22.7. The summed E-state index contributed by atoms with van der Waals surface area (Å²) in [5.74, 6) is 0.164. The van der Waals surface area contributed by atoms with Gasteiger partial charge in [0, 0.05) is 38.6 Å². The molecule has 0 bridgehead atoms. The number of benzene rings is 2. The first-order valence-electron chi connectivity index (χ1n) is 9.23. The summed E-state index contributed by atoms with van der Waals surface area (Å²) in [6.45, 7) is 3.17. The summed E-state index contributed by atoms with van der Waals surface area (Å²) < 4.78 is 0. The topological polar surface area (TPSA) is 47.3 Å². The van der Waals surface area contributed by atoms with Crippen molar-refractivity contribution in [3.8, 4) is 6.07 Å². The molecule has 1 aliphatic rings. The molecule has 0 N–H and O–H groups in total. The Morgan fingerprint density at radius 3 is 2.23 bits per heavy atom. The Morgan fingerprint density at radius 1 is 0.923 bits per heavy atom. The third-order valence-electron chi connectivity index (χ3n) is 4.95. The number of nitrogens with zero attached hydrogens (tertiary/aromatic N) is 3. The van der Waals surface area contributed by atoms with Gasteiger partial charge < -0.3 is 4.90 Å². The van der Waals surface area contributed by atoms with Gasteiger partial charge in [0.25, 0.3) is 0 Å². The Kier molecular flexibility index (Phi) is 6.40. The molecular weight excluding hydrogens is 322 g/mol. The molecule has 4 heteroatoms. The number of nitriles is 1. The first kappa shape index (κ1) is 18.2. The standard InChI is InChI=1S/C22H25N3O/c23-13-11-21(17-19-7-3-1-4-8-19)25-16-15-24(14-12-22(25)26)18-20-9-5-2-6-10-20/h1-10,21H,11-12,14-18H2/t21-/m1/s1. The van der Waals surface area contributed by atoms with Gasteiger partial charge >= 0.3 is 0 Å². The van der Waals surface area contributed by atoms with Gasteiger partial charge in [0.2, 0.25) is 5.91 Å². The molecule has 2 aromatic carbocycles. The number of carbonyl (C=O) groups is 1. The van der Waals surface area contributed by atoms with E-state index >= 15 is 0 Å². The summed E-state index contributed by atoms with van der Waals surface area (Å²) in [7, 11) is 0. The highest BCUT2D eigenvalue weighted by Crippen LogP contribution is 2.17. The SMILES string of the molecule is N#CC[C@H](Cc1ccccc1)N1CCN(Cc2ccccc2)CCC1=O. The molecule has 1 aliphatic heterocycles. The maximum Gasteiger partial charge on any atom is 0.224 e. The first-order chi connectivity index (χ1) is 12.8. The Labute approximate surface area is 155 Å². The van der Waals surface area contributed by atoms with Crippen molar-refractivity contribution >= 4 is 5.91 Å². The minimum absolute atomic E-state index is 0.0495. The molecule has 0 spiro atoms. The Balaban J connectivity index is 1.66. The molecule has 1 atom stereocenters. The van der Waals surface area contributed by atoms with E-state index in [1.165, 1.54) is 11.1 Å². The van der Waals surface area contributed by atoms with Crippen LogP contribution in [0.5, 0.6) is 0 Å². The number of hydrogen-bond acceptors (Lipinski definition) is 3. The summed E-state index contributed by atoms with van der Waals surface area (Å²) in [5.41, 5.74) is 2.44. The Morgan fingerprint density at radius 2 is 1.58 bits per heavy atom. The van der Waals surface area contributed by atoms with Crippen molar-refractivity contribution in [3.05, 3.63) is 71.8 Å². The first-order valence-corrected chi connectivity index (χ1v) is 9.23. The highest BCUT2D eigenvalue weighted by atomic mass is 16.2. The zero-order chi connectivity index (χ0) is 18.2. The van der Waals surface area contributed by atoms with Crippen LogP contribution in [0.3, 0.4) is 0 Å². The number of amides is 1. The predicted octanol–water partition coefficient (Wildman–Crippen LogP) is 3.25. The molecule has 1 fully saturated rings. The summed E-state index contributed by atoms with van der Waals surface area (Å²) in [4.78, 5) is 17.0. The fourth-order valence-electron chi connectivity index (χ4n) is 3.55. The second kappa shape index (κ2) is 9.17. The normalized spacial score (nSPS) is 16.7. The molecule has 26 heavy (non-hydrogen) atoms. The van der Waals surface area contributed by atoms with Gasteiger partial charge in [0.15, 0.2) is 0 Å². The maximum atomic E-state index is 12.7. The van der Waals surface area contributed by atoms with E-state index in [1.54, 1.807) is 0 Å². The lowest BCUT2D eigenvalue weighted by Gasteiger charge is -2.30. The average molecular weight is 347 g/mol. The van der Waals surface area contributed by atoms with Gasteiger partial charge in [-0.25, -0.2) is 0 Å². The molecule has 1 saturated heterocycles. The van der Waals surface area contributed by atoms with Gasteiger partial charge in [-0.15, -0.1) is 0 Å². The summed E-state index contributed by atoms with van der Waals surface area (Å²) >= 11 is 0. The van der Waals surface area contributed by atoms with E-state index in [9.17, 15) is 10.1 Å². The van der Waals surface area contributed by atoms with Crippen molar-refractivity contribution < 1.29 is 4.79 Å². The van der Waals surface area contributed by atoms with Crippen molar-refractivity contribution in [1.82, 2.24) is 9.80 Å². The fraction of sp³-hybridized carbons (Fsp3) is 0.364. The van der Waals surface area contributed by atoms with Gasteiger partial charge in [-0.1, -0.05) is 60.7 Å². The zero-order valence-corrected chi connectivity index (χ0v) is 15.1. The smallest absolute Gasteiger partial charge is 0.224 e. The fourth-order valence-corrected chi connectivity index (χ4v) is 3.55. The van der Waals surface area contributed by atoms with Crippen LogP contribution in [0.2, 0.25) is 0 Å². The molecule has 0 aliphatic carbocycles. The van der Waals surface area contributed by atoms with E-state index in [0.717, 1.165) is 26.1 Å². The predicted molar refractivity (Wildman–Crippen MR) is 102 cm³/mol. The van der Waals surface area contributed by atoms with Crippen molar-refractivity contribution in [1.29, 1.82) is 5.26 Å². The molecule has 0 saturated carbocycles. The average Bonchev–Trinajstić information content (AvgIpc) is 2.85. The largest absolute Gasteiger partial charge is 0.337 e. The monoisotopic (exact) mass is 347 g/mol. The minimum Gasteiger partial charge on any atom is -0.337 e. The van der Waals surface area contributed by atoms with Crippen molar-refractivity contribution in [2.75, 3.05) is 19.6 Å². The summed E-state index contributed by atoms with van der Waals surface area (Å²) in [5, 5.41) is 9.25. The third-order valence-corrected chi connectivity index (χ3v) is 4.95. The minimum atomic E-state index is -0.0495. The molecular formula is C22H25N3O. The molecule has 1 amide bonds. The highest BCUT2D eigenvalue weighted by Gasteiger charge is 2.27. The van der Waals surface area contributed by atoms with Crippen LogP contribution in [0.4, 0.5) is 0 Å². The van der Waals surface area contributed by atoms with Crippen LogP contribution in [-0.4, -0.2) is 41.4 Å². The van der Waals surface area contributed by atoms with Crippen molar-refractivity contribution in [3.63, 3.8) is 0 Å². The zero-order valence-electron chi connectivity index (χ0n) is 15.1. The Hall–Kier alpha value is -2.64. The molecule has 3 rings (SSSR count). The number of rotatable bonds is 6. The quantitative estimate of drug-likeness (QED) is 0.806. The van der Waals surface area contributed by atoms with Crippen LogP contribution in [0, 0.1) is 11.3 Å². The lowest BCUT2D eigenvalue weighted by atomic mass is 10.0. The lowest BCUT2D eigenvalue weighted by molar-refractivity contribution is -0.132. The van der Waals surface area contributed by atoms with Crippen LogP contribution in [0.15, 0.2) is 60.7 Å². The van der Waals surface area contributed by atoms with E-state index in [-0.39, 0.29) is 11.9 Å². The second-order valence-corrected chi connectivity index (χ2v) is 6.80. The van der Waals surface area contributed by atoms with Crippen LogP contribution >= 0.6 is 0 Å². The van der Waals surface area contributed by atoms with E-state index in [2.05, 4.69) is 35.2 Å². The Bertz CT molecular complexity index is 739. The van der Waals surface area contributed by atoms with Crippen molar-refractivity contribution in [2.45, 2.75) is 31.8 Å². The van der Waals surface area contributed by atoms with Crippen LogP contribution < -0.4 is 0 Å². The lowest BCUT2D eigenvalue weighted by Crippen LogP contribution is -2.42. The summed E-state index contributed by atoms with van der Waals surface area (Å²) in [6.07, 6.45) is 1.63. The van der Waals surface area contributed by atoms with Gasteiger partial charge in [0.05, 0.1) is 12.5 Å². The number of carbonyl (C=O) groups excluding carboxylic acids is 1. The highest BCUT2D eigenvalue weighted by molar-refractivity contribution is 5.77. The van der Waals surface area contributed by atoms with Crippen LogP contribution in [0.1, 0.15) is 24.0 Å². The van der Waals surface area contributed by atoms with E-state index in [4.69, 9.17) is 0 Å². The molecule has 0 radical (unpaired) electrons. The van der Waals surface area contributed by atoms with Gasteiger partial charge in [0.1, 0.15) is 0 Å². The second-order valence-electron chi connectivity index (χ2n) is 6.80. The van der Waals surface area contributed by atoms with Gasteiger partial charge in [-0.3, -0.25) is 9.69 Å². The number of hydrogen-bond donors (Lipinski definition) is 0. The third kappa shape index (κ3) is 4.93. The molecule has 4 nitrogen and oxygen atoms in total. The van der Waals surface area contributed by atoms with E-state index in [1.807, 2.05) is 41.3 Å².